The van der Waals surface area contributed by atoms with E-state index < -0.39 is 15.2 Å². The van der Waals surface area contributed by atoms with Crippen LogP contribution in [0.15, 0.2) is 84.0 Å². The van der Waals surface area contributed by atoms with Crippen LogP contribution in [0.4, 0.5) is 0 Å². The molecule has 0 aliphatic carbocycles. The van der Waals surface area contributed by atoms with Gasteiger partial charge in [-0.1, -0.05) is 59.3 Å². The highest BCUT2D eigenvalue weighted by atomic mass is 32.2. The molecule has 6 aromatic rings. The summed E-state index contributed by atoms with van der Waals surface area (Å²) in [6.45, 7) is 1.91. The van der Waals surface area contributed by atoms with E-state index in [1.807, 2.05) is 43.3 Å². The zero-order valence-electron chi connectivity index (χ0n) is 17.4. The molecule has 0 bridgehead atoms. The van der Waals surface area contributed by atoms with Gasteiger partial charge in [-0.2, -0.15) is 9.61 Å². The van der Waals surface area contributed by atoms with Gasteiger partial charge in [0, 0.05) is 10.8 Å². The van der Waals surface area contributed by atoms with Crippen LogP contribution in [-0.2, 0) is 9.84 Å². The number of rotatable bonds is 4. The number of benzene rings is 3. The maximum absolute atomic E-state index is 14.1. The van der Waals surface area contributed by atoms with Gasteiger partial charge in [-0.25, -0.2) is 13.1 Å². The van der Waals surface area contributed by atoms with Gasteiger partial charge in [-0.3, -0.25) is 0 Å². The lowest BCUT2D eigenvalue weighted by atomic mass is 10.1. The minimum absolute atomic E-state index is 0.174. The van der Waals surface area contributed by atoms with Crippen LogP contribution >= 0.6 is 0 Å². The average Bonchev–Trinajstić information content (AvgIpc) is 3.47. The first kappa shape index (κ1) is 19.5. The molecule has 0 amide bonds. The number of nitrogens with zero attached hydrogens (tertiary/aromatic N) is 7. The molecule has 1 atom stereocenters. The van der Waals surface area contributed by atoms with Crippen molar-refractivity contribution < 1.29 is 8.42 Å². The van der Waals surface area contributed by atoms with Gasteiger partial charge in [0.25, 0.3) is 0 Å². The summed E-state index contributed by atoms with van der Waals surface area (Å²) in [7, 11) is -3.98. The third-order valence-corrected chi connectivity index (χ3v) is 7.61. The SMILES string of the molecule is Cc1ccc(S(=O)(=O)C(c2nn3cnnc3c3ccccc23)n2nnc3ccccc32)cc1. The van der Waals surface area contributed by atoms with Crippen molar-refractivity contribution in [3.63, 3.8) is 0 Å². The Bertz CT molecular complexity index is 1760. The maximum Gasteiger partial charge on any atom is 0.207 e. The summed E-state index contributed by atoms with van der Waals surface area (Å²) in [5.41, 5.74) is 3.01. The Kier molecular flexibility index (Phi) is 4.24. The fourth-order valence-corrected chi connectivity index (χ4v) is 5.71. The minimum Gasteiger partial charge on any atom is -0.221 e. The van der Waals surface area contributed by atoms with Crippen molar-refractivity contribution >= 4 is 37.3 Å². The molecule has 0 aliphatic heterocycles. The molecule has 1 unspecified atom stereocenters. The van der Waals surface area contributed by atoms with Gasteiger partial charge in [0.05, 0.1) is 10.4 Å². The Morgan fingerprint density at radius 3 is 2.39 bits per heavy atom. The summed E-state index contributed by atoms with van der Waals surface area (Å²) >= 11 is 0. The number of sulfone groups is 1. The number of hydrogen-bond donors (Lipinski definition) is 0. The fraction of sp³-hybridized carbons (Fsp3) is 0.0870. The largest absolute Gasteiger partial charge is 0.221 e. The molecule has 6 rings (SSSR count). The van der Waals surface area contributed by atoms with Crippen molar-refractivity contribution in [3.05, 3.63) is 90.4 Å². The first-order valence-electron chi connectivity index (χ1n) is 10.2. The summed E-state index contributed by atoms with van der Waals surface area (Å²) in [4.78, 5) is 0.174. The molecule has 33 heavy (non-hydrogen) atoms. The molecule has 0 saturated heterocycles. The molecule has 162 valence electrons. The van der Waals surface area contributed by atoms with Gasteiger partial charge in [0.2, 0.25) is 15.2 Å². The molecule has 0 fully saturated rings. The molecule has 0 N–H and O–H groups in total. The van der Waals surface area contributed by atoms with Crippen LogP contribution in [0.25, 0.3) is 27.5 Å². The van der Waals surface area contributed by atoms with Crippen molar-refractivity contribution in [1.82, 2.24) is 34.8 Å². The summed E-state index contributed by atoms with van der Waals surface area (Å²) in [6, 6.07) is 21.4. The van der Waals surface area contributed by atoms with Crippen LogP contribution in [0.1, 0.15) is 16.6 Å². The highest BCUT2D eigenvalue weighted by molar-refractivity contribution is 7.91. The van der Waals surface area contributed by atoms with Crippen LogP contribution in [0.3, 0.4) is 0 Å². The minimum atomic E-state index is -3.98. The molecule has 10 heteroatoms. The number of para-hydroxylation sites is 1. The van der Waals surface area contributed by atoms with Crippen molar-refractivity contribution in [2.24, 2.45) is 0 Å². The van der Waals surface area contributed by atoms with Crippen molar-refractivity contribution in [2.45, 2.75) is 17.2 Å². The van der Waals surface area contributed by atoms with Crippen molar-refractivity contribution in [1.29, 1.82) is 0 Å². The molecular weight excluding hydrogens is 438 g/mol. The second kappa shape index (κ2) is 7.17. The summed E-state index contributed by atoms with van der Waals surface area (Å²) in [6.07, 6.45) is 1.46. The Labute approximate surface area is 188 Å². The fourth-order valence-electron chi connectivity index (χ4n) is 4.05. The lowest BCUT2D eigenvalue weighted by molar-refractivity contribution is 0.543. The third kappa shape index (κ3) is 2.99. The molecule has 3 aromatic heterocycles. The van der Waals surface area contributed by atoms with E-state index in [-0.39, 0.29) is 4.90 Å². The van der Waals surface area contributed by atoms with E-state index in [9.17, 15) is 8.42 Å². The first-order valence-corrected chi connectivity index (χ1v) is 11.8. The predicted molar refractivity (Wildman–Crippen MR) is 122 cm³/mol. The summed E-state index contributed by atoms with van der Waals surface area (Å²) < 4.78 is 31.2. The van der Waals surface area contributed by atoms with Gasteiger partial charge >= 0.3 is 0 Å². The average molecular weight is 456 g/mol. The van der Waals surface area contributed by atoms with E-state index in [0.717, 1.165) is 10.9 Å². The summed E-state index contributed by atoms with van der Waals surface area (Å²) in [5, 5.41) is 21.4. The van der Waals surface area contributed by atoms with Crippen LogP contribution in [0, 0.1) is 6.92 Å². The Balaban J connectivity index is 1.72. The highest BCUT2D eigenvalue weighted by Crippen LogP contribution is 2.35. The second-order valence-electron chi connectivity index (χ2n) is 7.76. The van der Waals surface area contributed by atoms with E-state index >= 15 is 0 Å². The monoisotopic (exact) mass is 455 g/mol. The number of aryl methyl sites for hydroxylation is 1. The van der Waals surface area contributed by atoms with Crippen molar-refractivity contribution in [3.8, 4) is 0 Å². The van der Waals surface area contributed by atoms with Crippen LogP contribution in [0.2, 0.25) is 0 Å². The number of aromatic nitrogens is 7. The van der Waals surface area contributed by atoms with Crippen LogP contribution < -0.4 is 0 Å². The van der Waals surface area contributed by atoms with E-state index in [1.165, 1.54) is 15.5 Å². The zero-order valence-corrected chi connectivity index (χ0v) is 18.3. The molecule has 9 nitrogen and oxygen atoms in total. The Morgan fingerprint density at radius 1 is 0.848 bits per heavy atom. The van der Waals surface area contributed by atoms with Crippen LogP contribution in [0.5, 0.6) is 0 Å². The molecular formula is C23H17N7O2S. The van der Waals surface area contributed by atoms with Gasteiger partial charge in [-0.05, 0) is 31.2 Å². The molecule has 3 heterocycles. The predicted octanol–water partition coefficient (Wildman–Crippen LogP) is 3.35. The lowest BCUT2D eigenvalue weighted by Gasteiger charge is -2.20. The van der Waals surface area contributed by atoms with Gasteiger partial charge in [0.1, 0.15) is 17.5 Å². The van der Waals surface area contributed by atoms with E-state index in [0.29, 0.717) is 27.8 Å². The van der Waals surface area contributed by atoms with Gasteiger partial charge in [0.15, 0.2) is 5.65 Å². The molecule has 0 radical (unpaired) electrons. The van der Waals surface area contributed by atoms with Gasteiger partial charge < -0.3 is 0 Å². The Hall–Kier alpha value is -4.18. The zero-order chi connectivity index (χ0) is 22.6. The molecule has 3 aromatic carbocycles. The maximum atomic E-state index is 14.1. The smallest absolute Gasteiger partial charge is 0.207 e. The molecule has 0 spiro atoms. The highest BCUT2D eigenvalue weighted by Gasteiger charge is 2.36. The number of fused-ring (bicyclic) bond motifs is 4. The van der Waals surface area contributed by atoms with E-state index in [2.05, 4.69) is 25.6 Å². The molecule has 0 saturated carbocycles. The molecule has 0 aliphatic rings. The third-order valence-electron chi connectivity index (χ3n) is 5.67. The normalized spacial score (nSPS) is 13.1. The topological polar surface area (TPSA) is 108 Å². The number of hydrogen-bond acceptors (Lipinski definition) is 7. The van der Waals surface area contributed by atoms with Gasteiger partial charge in [-0.15, -0.1) is 15.3 Å². The Morgan fingerprint density at radius 2 is 1.58 bits per heavy atom. The standard InChI is InChI=1S/C23H17N7O2S/c1-15-10-12-16(13-11-15)33(31,32)23(30-20-9-5-4-8-19(20)25-28-30)21-17-6-2-3-7-18(17)22-26-24-14-29(22)27-21/h2-14,23H,1H3. The quantitative estimate of drug-likeness (QED) is 0.401. The summed E-state index contributed by atoms with van der Waals surface area (Å²) in [5.74, 6) is 0. The first-order chi connectivity index (χ1) is 16.0. The van der Waals surface area contributed by atoms with Crippen molar-refractivity contribution in [2.75, 3.05) is 0 Å². The second-order valence-corrected chi connectivity index (χ2v) is 9.77. The lowest BCUT2D eigenvalue weighted by Crippen LogP contribution is -2.25. The van der Waals surface area contributed by atoms with E-state index in [4.69, 9.17) is 0 Å². The van der Waals surface area contributed by atoms with E-state index in [1.54, 1.807) is 36.4 Å². The van der Waals surface area contributed by atoms with Crippen LogP contribution in [-0.4, -0.2) is 43.2 Å².